The Morgan fingerprint density at radius 1 is 1.45 bits per heavy atom. The summed E-state index contributed by atoms with van der Waals surface area (Å²) in [6, 6.07) is -0.312. The molecule has 0 aromatic rings. The van der Waals surface area contributed by atoms with E-state index in [1.807, 2.05) is 6.92 Å². The number of hydrogen-bond donors (Lipinski definition) is 2. The number of carboxylic acids is 1. The van der Waals surface area contributed by atoms with E-state index in [-0.39, 0.29) is 24.5 Å². The van der Waals surface area contributed by atoms with Gasteiger partial charge in [0.25, 0.3) is 0 Å². The van der Waals surface area contributed by atoms with Crippen molar-refractivity contribution in [2.24, 2.45) is 0 Å². The van der Waals surface area contributed by atoms with Gasteiger partial charge in [-0.05, 0) is 32.6 Å². The number of carbonyl (C=O) groups is 2. The molecule has 0 saturated carbocycles. The molecule has 1 aliphatic heterocycles. The lowest BCUT2D eigenvalue weighted by Gasteiger charge is -2.36. The van der Waals surface area contributed by atoms with Gasteiger partial charge in [-0.1, -0.05) is 0 Å². The minimum Gasteiger partial charge on any atom is -0.481 e. The third-order valence-electron chi connectivity index (χ3n) is 3.43. The summed E-state index contributed by atoms with van der Waals surface area (Å²) >= 11 is 0. The molecule has 0 aliphatic carbocycles. The lowest BCUT2D eigenvalue weighted by Crippen LogP contribution is -2.51. The number of amides is 2. The molecular formula is C13H24N2O4S. The van der Waals surface area contributed by atoms with Crippen LogP contribution in [0, 0.1) is 0 Å². The molecule has 116 valence electrons. The fourth-order valence-corrected chi connectivity index (χ4v) is 3.33. The molecule has 1 rings (SSSR count). The molecule has 1 saturated heterocycles. The highest BCUT2D eigenvalue weighted by molar-refractivity contribution is 7.84. The van der Waals surface area contributed by atoms with E-state index < -0.39 is 16.8 Å². The van der Waals surface area contributed by atoms with Gasteiger partial charge in [0, 0.05) is 47.9 Å². The van der Waals surface area contributed by atoms with Crippen LogP contribution in [0.1, 0.15) is 39.0 Å². The summed E-state index contributed by atoms with van der Waals surface area (Å²) in [6.45, 7) is 2.49. The van der Waals surface area contributed by atoms with Gasteiger partial charge in [-0.2, -0.15) is 0 Å². The Morgan fingerprint density at radius 2 is 2.15 bits per heavy atom. The second-order valence-electron chi connectivity index (χ2n) is 5.37. The average Bonchev–Trinajstić information content (AvgIpc) is 2.35. The molecule has 7 heteroatoms. The largest absolute Gasteiger partial charge is 0.481 e. The standard InChI is InChI=1S/C13H24N2O4S/c1-10(9-20(2)19)14-13(18)15-8-4-3-5-11(15)6-7-12(16)17/h10-11H,3-9H2,1-2H3,(H,14,18)(H,16,17). The predicted molar refractivity (Wildman–Crippen MR) is 78.1 cm³/mol. The Morgan fingerprint density at radius 3 is 2.75 bits per heavy atom. The van der Waals surface area contributed by atoms with Crippen LogP contribution in [0.25, 0.3) is 0 Å². The Bertz CT molecular complexity index is 375. The van der Waals surface area contributed by atoms with E-state index in [1.165, 1.54) is 0 Å². The first-order chi connectivity index (χ1) is 9.40. The molecule has 1 aliphatic rings. The molecule has 6 nitrogen and oxygen atoms in total. The molecule has 1 heterocycles. The Labute approximate surface area is 122 Å². The molecule has 20 heavy (non-hydrogen) atoms. The van der Waals surface area contributed by atoms with Gasteiger partial charge in [0.15, 0.2) is 0 Å². The second-order valence-corrected chi connectivity index (χ2v) is 6.85. The first kappa shape index (κ1) is 16.9. The number of rotatable bonds is 6. The fourth-order valence-electron chi connectivity index (χ4n) is 2.55. The fraction of sp³-hybridized carbons (Fsp3) is 0.846. The van der Waals surface area contributed by atoms with Crippen molar-refractivity contribution in [3.8, 4) is 0 Å². The Balaban J connectivity index is 2.53. The maximum atomic E-state index is 12.2. The van der Waals surface area contributed by atoms with Gasteiger partial charge in [0.05, 0.1) is 0 Å². The van der Waals surface area contributed by atoms with Crippen LogP contribution in [0.4, 0.5) is 4.79 Å². The van der Waals surface area contributed by atoms with E-state index in [0.717, 1.165) is 19.3 Å². The molecule has 2 N–H and O–H groups in total. The van der Waals surface area contributed by atoms with Crippen LogP contribution >= 0.6 is 0 Å². The molecule has 0 bridgehead atoms. The molecule has 1 fully saturated rings. The van der Waals surface area contributed by atoms with Crippen molar-refractivity contribution in [1.82, 2.24) is 10.2 Å². The predicted octanol–water partition coefficient (Wildman–Crippen LogP) is 1.18. The summed E-state index contributed by atoms with van der Waals surface area (Å²) in [5, 5.41) is 11.6. The summed E-state index contributed by atoms with van der Waals surface area (Å²) in [5.74, 6) is -0.398. The van der Waals surface area contributed by atoms with Gasteiger partial charge >= 0.3 is 12.0 Å². The minimum atomic E-state index is -0.946. The third kappa shape index (κ3) is 5.90. The number of aliphatic carboxylic acids is 1. The van der Waals surface area contributed by atoms with E-state index in [4.69, 9.17) is 5.11 Å². The maximum Gasteiger partial charge on any atom is 0.317 e. The molecule has 0 spiro atoms. The number of hydrogen-bond acceptors (Lipinski definition) is 3. The summed E-state index contributed by atoms with van der Waals surface area (Å²) in [4.78, 5) is 24.6. The normalized spacial score (nSPS) is 22.1. The van der Waals surface area contributed by atoms with Crippen molar-refractivity contribution < 1.29 is 18.9 Å². The summed E-state index contributed by atoms with van der Waals surface area (Å²) in [7, 11) is -0.946. The van der Waals surface area contributed by atoms with E-state index in [0.29, 0.717) is 18.7 Å². The van der Waals surface area contributed by atoms with Gasteiger partial charge in [-0.25, -0.2) is 4.79 Å². The summed E-state index contributed by atoms with van der Waals surface area (Å²) < 4.78 is 11.1. The van der Waals surface area contributed by atoms with Gasteiger partial charge in [0.2, 0.25) is 0 Å². The molecule has 3 unspecified atom stereocenters. The van der Waals surface area contributed by atoms with Gasteiger partial charge in [-0.3, -0.25) is 9.00 Å². The van der Waals surface area contributed by atoms with Crippen LogP contribution in [0.2, 0.25) is 0 Å². The summed E-state index contributed by atoms with van der Waals surface area (Å²) in [5.41, 5.74) is 0. The van der Waals surface area contributed by atoms with Gasteiger partial charge < -0.3 is 15.3 Å². The Hall–Kier alpha value is -1.11. The van der Waals surface area contributed by atoms with Crippen LogP contribution in [0.3, 0.4) is 0 Å². The van der Waals surface area contributed by atoms with Crippen molar-refractivity contribution in [1.29, 1.82) is 0 Å². The molecular weight excluding hydrogens is 280 g/mol. The molecule has 0 aromatic carbocycles. The number of likely N-dealkylation sites (tertiary alicyclic amines) is 1. The van der Waals surface area contributed by atoms with Crippen LogP contribution in [0.5, 0.6) is 0 Å². The van der Waals surface area contributed by atoms with Gasteiger partial charge in [-0.15, -0.1) is 0 Å². The number of urea groups is 1. The van der Waals surface area contributed by atoms with E-state index in [9.17, 15) is 13.8 Å². The highest BCUT2D eigenvalue weighted by atomic mass is 32.2. The topological polar surface area (TPSA) is 86.7 Å². The van der Waals surface area contributed by atoms with E-state index in [1.54, 1.807) is 11.2 Å². The third-order valence-corrected chi connectivity index (χ3v) is 4.40. The summed E-state index contributed by atoms with van der Waals surface area (Å²) in [6.07, 6.45) is 5.03. The quantitative estimate of drug-likeness (QED) is 0.771. The number of piperidine rings is 1. The monoisotopic (exact) mass is 304 g/mol. The van der Waals surface area contributed by atoms with Crippen LogP contribution in [-0.2, 0) is 15.6 Å². The zero-order chi connectivity index (χ0) is 15.1. The highest BCUT2D eigenvalue weighted by Gasteiger charge is 2.27. The van der Waals surface area contributed by atoms with Crippen LogP contribution in [0.15, 0.2) is 0 Å². The van der Waals surface area contributed by atoms with E-state index >= 15 is 0 Å². The molecule has 0 aromatic heterocycles. The van der Waals surface area contributed by atoms with Crippen molar-refractivity contribution in [2.75, 3.05) is 18.6 Å². The van der Waals surface area contributed by atoms with Gasteiger partial charge in [0.1, 0.15) is 0 Å². The molecule has 3 atom stereocenters. The smallest absolute Gasteiger partial charge is 0.317 e. The average molecular weight is 304 g/mol. The first-order valence-electron chi connectivity index (χ1n) is 6.99. The van der Waals surface area contributed by atoms with Crippen molar-refractivity contribution in [3.05, 3.63) is 0 Å². The molecule has 2 amide bonds. The lowest BCUT2D eigenvalue weighted by molar-refractivity contribution is -0.137. The number of nitrogens with zero attached hydrogens (tertiary/aromatic N) is 1. The van der Waals surface area contributed by atoms with Crippen molar-refractivity contribution in [3.63, 3.8) is 0 Å². The lowest BCUT2D eigenvalue weighted by atomic mass is 9.98. The van der Waals surface area contributed by atoms with Crippen LogP contribution < -0.4 is 5.32 Å². The molecule has 0 radical (unpaired) electrons. The second kappa shape index (κ2) is 8.24. The zero-order valence-corrected chi connectivity index (χ0v) is 12.9. The van der Waals surface area contributed by atoms with Crippen molar-refractivity contribution >= 4 is 22.8 Å². The number of nitrogens with one attached hydrogen (secondary N) is 1. The minimum absolute atomic E-state index is 0.000765. The van der Waals surface area contributed by atoms with E-state index in [2.05, 4.69) is 5.32 Å². The number of carboxylic acid groups (broad SMARTS) is 1. The highest BCUT2D eigenvalue weighted by Crippen LogP contribution is 2.21. The Kier molecular flexibility index (Phi) is 6.98. The van der Waals surface area contributed by atoms with Crippen LogP contribution in [-0.4, -0.2) is 56.9 Å². The van der Waals surface area contributed by atoms with Crippen molar-refractivity contribution in [2.45, 2.75) is 51.1 Å². The number of carbonyl (C=O) groups excluding carboxylic acids is 1. The maximum absolute atomic E-state index is 12.2. The first-order valence-corrected chi connectivity index (χ1v) is 8.71. The SMILES string of the molecule is CC(CS(C)=O)NC(=O)N1CCCCC1CCC(=O)O. The zero-order valence-electron chi connectivity index (χ0n) is 12.1.